The van der Waals surface area contributed by atoms with Gasteiger partial charge in [0.2, 0.25) is 6.08 Å². The quantitative estimate of drug-likeness (QED) is 0.367. The Hall–Kier alpha value is -0.880. The molecular formula is C5H6NO. The van der Waals surface area contributed by atoms with E-state index in [1.165, 1.54) is 6.08 Å². The zero-order valence-electron chi connectivity index (χ0n) is 4.14. The van der Waals surface area contributed by atoms with Crippen LogP contribution in [0.1, 0.15) is 6.92 Å². The number of carbonyl (C=O) groups excluding carboxylic acids is 1. The highest BCUT2D eigenvalue weighted by Crippen LogP contribution is 1.66. The van der Waals surface area contributed by atoms with Gasteiger partial charge in [0.05, 0.1) is 6.54 Å². The summed E-state index contributed by atoms with van der Waals surface area (Å²) in [5.74, 6) is 0. The average Bonchev–Trinajstić information content (AvgIpc) is 1.69. The molecule has 0 aliphatic heterocycles. The second-order valence-corrected chi connectivity index (χ2v) is 0.900. The number of hydrogen-bond donors (Lipinski definition) is 0. The van der Waals surface area contributed by atoms with Crippen LogP contribution in [0.3, 0.4) is 0 Å². The molecule has 2 nitrogen and oxygen atoms in total. The SMILES string of the molecule is CC=[C]CN=C=O. The van der Waals surface area contributed by atoms with E-state index in [0.717, 1.165) is 0 Å². The minimum absolute atomic E-state index is 0.333. The number of aliphatic imine (C=N–C) groups is 1. The smallest absolute Gasteiger partial charge is 0.211 e. The van der Waals surface area contributed by atoms with Crippen LogP contribution in [0.15, 0.2) is 11.1 Å². The monoisotopic (exact) mass is 96.0 g/mol. The highest BCUT2D eigenvalue weighted by Gasteiger charge is 1.63. The number of rotatable bonds is 2. The molecule has 0 N–H and O–H groups in total. The number of allylic oxidation sites excluding steroid dienone is 1. The van der Waals surface area contributed by atoms with E-state index in [2.05, 4.69) is 11.1 Å². The largest absolute Gasteiger partial charge is 0.235 e. The maximum atomic E-state index is 9.33. The molecule has 0 saturated carbocycles. The Balaban J connectivity index is 3.15. The average molecular weight is 96.1 g/mol. The molecule has 0 aliphatic carbocycles. The molecular weight excluding hydrogens is 90.1 g/mol. The Morgan fingerprint density at radius 2 is 2.57 bits per heavy atom. The van der Waals surface area contributed by atoms with Crippen molar-refractivity contribution in [2.45, 2.75) is 6.92 Å². The summed E-state index contributed by atoms with van der Waals surface area (Å²) in [6.07, 6.45) is 5.80. The Morgan fingerprint density at radius 1 is 1.86 bits per heavy atom. The summed E-state index contributed by atoms with van der Waals surface area (Å²) in [5, 5.41) is 0. The van der Waals surface area contributed by atoms with Gasteiger partial charge in [-0.1, -0.05) is 6.08 Å². The molecule has 0 aromatic rings. The predicted molar refractivity (Wildman–Crippen MR) is 26.5 cm³/mol. The lowest BCUT2D eigenvalue weighted by Crippen LogP contribution is -1.67. The normalized spacial score (nSPS) is 8.71. The van der Waals surface area contributed by atoms with Gasteiger partial charge < -0.3 is 0 Å². The third kappa shape index (κ3) is 5.12. The van der Waals surface area contributed by atoms with Crippen molar-refractivity contribution >= 4 is 6.08 Å². The van der Waals surface area contributed by atoms with Gasteiger partial charge in [-0.15, -0.1) is 0 Å². The lowest BCUT2D eigenvalue weighted by Gasteiger charge is -1.67. The van der Waals surface area contributed by atoms with Crippen LogP contribution in [0.5, 0.6) is 0 Å². The zero-order valence-corrected chi connectivity index (χ0v) is 4.14. The molecule has 2 heteroatoms. The Morgan fingerprint density at radius 3 is 3.00 bits per heavy atom. The lowest BCUT2D eigenvalue weighted by atomic mass is 10.5. The lowest BCUT2D eigenvalue weighted by molar-refractivity contribution is 0.563. The molecule has 0 aliphatic rings. The first-order valence-electron chi connectivity index (χ1n) is 1.96. The van der Waals surface area contributed by atoms with Crippen molar-refractivity contribution in [3.63, 3.8) is 0 Å². The van der Waals surface area contributed by atoms with Crippen LogP contribution in [0.2, 0.25) is 0 Å². The second kappa shape index (κ2) is 5.12. The molecule has 0 aromatic heterocycles. The first kappa shape index (κ1) is 6.12. The summed E-state index contributed by atoms with van der Waals surface area (Å²) in [7, 11) is 0. The molecule has 0 atom stereocenters. The molecule has 0 saturated heterocycles. The molecule has 37 valence electrons. The van der Waals surface area contributed by atoms with Gasteiger partial charge in [-0.3, -0.25) is 0 Å². The van der Waals surface area contributed by atoms with E-state index in [4.69, 9.17) is 0 Å². The van der Waals surface area contributed by atoms with Gasteiger partial charge in [0, 0.05) is 0 Å². The predicted octanol–water partition coefficient (Wildman–Crippen LogP) is 0.701. The van der Waals surface area contributed by atoms with Crippen molar-refractivity contribution in [3.8, 4) is 0 Å². The Bertz CT molecular complexity index is 101. The van der Waals surface area contributed by atoms with Crippen molar-refractivity contribution in [1.82, 2.24) is 0 Å². The van der Waals surface area contributed by atoms with Gasteiger partial charge in [-0.2, -0.15) is 0 Å². The summed E-state index contributed by atoms with van der Waals surface area (Å²) < 4.78 is 0. The zero-order chi connectivity index (χ0) is 5.54. The van der Waals surface area contributed by atoms with Crippen LogP contribution in [0.25, 0.3) is 0 Å². The van der Waals surface area contributed by atoms with Crippen molar-refractivity contribution < 1.29 is 4.79 Å². The molecule has 0 amide bonds. The Labute approximate surface area is 42.6 Å². The van der Waals surface area contributed by atoms with E-state index in [1.54, 1.807) is 6.08 Å². The van der Waals surface area contributed by atoms with Crippen LogP contribution >= 0.6 is 0 Å². The van der Waals surface area contributed by atoms with E-state index < -0.39 is 0 Å². The van der Waals surface area contributed by atoms with Gasteiger partial charge in [-0.05, 0) is 13.0 Å². The van der Waals surface area contributed by atoms with Crippen molar-refractivity contribution in [3.05, 3.63) is 12.2 Å². The molecule has 1 radical (unpaired) electrons. The topological polar surface area (TPSA) is 29.4 Å². The van der Waals surface area contributed by atoms with Gasteiger partial charge in [0.25, 0.3) is 0 Å². The highest BCUT2D eigenvalue weighted by atomic mass is 16.1. The third-order valence-electron chi connectivity index (χ3n) is 0.439. The molecule has 0 spiro atoms. The van der Waals surface area contributed by atoms with Gasteiger partial charge >= 0.3 is 0 Å². The fourth-order valence-electron chi connectivity index (χ4n) is 0.169. The number of nitrogens with zero attached hydrogens (tertiary/aromatic N) is 1. The summed E-state index contributed by atoms with van der Waals surface area (Å²) in [6.45, 7) is 2.15. The molecule has 7 heavy (non-hydrogen) atoms. The minimum Gasteiger partial charge on any atom is -0.211 e. The van der Waals surface area contributed by atoms with Gasteiger partial charge in [-0.25, -0.2) is 9.79 Å². The van der Waals surface area contributed by atoms with Crippen LogP contribution < -0.4 is 0 Å². The van der Waals surface area contributed by atoms with Gasteiger partial charge in [0.1, 0.15) is 0 Å². The van der Waals surface area contributed by atoms with E-state index in [9.17, 15) is 4.79 Å². The molecule has 0 rings (SSSR count). The van der Waals surface area contributed by atoms with Gasteiger partial charge in [0.15, 0.2) is 0 Å². The van der Waals surface area contributed by atoms with Crippen LogP contribution in [-0.4, -0.2) is 12.6 Å². The summed E-state index contributed by atoms with van der Waals surface area (Å²) >= 11 is 0. The van der Waals surface area contributed by atoms with E-state index in [1.807, 2.05) is 6.92 Å². The highest BCUT2D eigenvalue weighted by molar-refractivity contribution is 5.32. The maximum Gasteiger partial charge on any atom is 0.235 e. The van der Waals surface area contributed by atoms with E-state index in [0.29, 0.717) is 6.54 Å². The van der Waals surface area contributed by atoms with Crippen molar-refractivity contribution in [1.29, 1.82) is 0 Å². The standard InChI is InChI=1S/C5H6NO/c1-2-3-4-6-5-7/h2H,4H2,1H3. The fraction of sp³-hybridized carbons (Fsp3) is 0.400. The van der Waals surface area contributed by atoms with Crippen molar-refractivity contribution in [2.75, 3.05) is 6.54 Å². The number of hydrogen-bond acceptors (Lipinski definition) is 2. The van der Waals surface area contributed by atoms with Crippen LogP contribution in [0, 0.1) is 6.08 Å². The summed E-state index contributed by atoms with van der Waals surface area (Å²) in [5.41, 5.74) is 0. The van der Waals surface area contributed by atoms with Crippen molar-refractivity contribution in [2.24, 2.45) is 4.99 Å². The first-order valence-corrected chi connectivity index (χ1v) is 1.96. The second-order valence-electron chi connectivity index (χ2n) is 0.900. The van der Waals surface area contributed by atoms with Crippen LogP contribution in [-0.2, 0) is 4.79 Å². The minimum atomic E-state index is 0.333. The fourth-order valence-corrected chi connectivity index (χ4v) is 0.169. The van der Waals surface area contributed by atoms with Crippen LogP contribution in [0.4, 0.5) is 0 Å². The molecule has 0 unspecified atom stereocenters. The summed E-state index contributed by atoms with van der Waals surface area (Å²) in [6, 6.07) is 0. The molecule has 0 fully saturated rings. The Kier molecular flexibility index (Phi) is 4.48. The first-order chi connectivity index (χ1) is 3.41. The molecule has 0 aromatic carbocycles. The maximum absolute atomic E-state index is 9.33. The summed E-state index contributed by atoms with van der Waals surface area (Å²) in [4.78, 5) is 12.5. The molecule has 0 heterocycles. The third-order valence-corrected chi connectivity index (χ3v) is 0.439. The number of isocyanates is 1. The molecule has 0 bridgehead atoms. The van der Waals surface area contributed by atoms with E-state index >= 15 is 0 Å². The van der Waals surface area contributed by atoms with E-state index in [-0.39, 0.29) is 0 Å².